The molecule has 0 spiro atoms. The van der Waals surface area contributed by atoms with E-state index in [1.165, 1.54) is 19.2 Å². The van der Waals surface area contributed by atoms with Crippen molar-refractivity contribution in [2.75, 3.05) is 20.2 Å². The number of methoxy groups -OCH3 is 1. The van der Waals surface area contributed by atoms with Gasteiger partial charge in [-0.05, 0) is 25.0 Å². The summed E-state index contributed by atoms with van der Waals surface area (Å²) >= 11 is 0. The molecule has 2 N–H and O–H groups in total. The van der Waals surface area contributed by atoms with Gasteiger partial charge in [0.15, 0.2) is 0 Å². The predicted octanol–water partition coefficient (Wildman–Crippen LogP) is 1.40. The summed E-state index contributed by atoms with van der Waals surface area (Å²) in [5, 5.41) is 0. The minimum absolute atomic E-state index is 0.0798. The fourth-order valence-electron chi connectivity index (χ4n) is 1.93. The SMILES string of the molecule is COc1ccc(C(=O)N(CCN)C2CC2)c(F)c1. The number of hydrogen-bond acceptors (Lipinski definition) is 3. The van der Waals surface area contributed by atoms with E-state index in [2.05, 4.69) is 0 Å². The van der Waals surface area contributed by atoms with E-state index in [-0.39, 0.29) is 17.5 Å². The molecule has 5 heteroatoms. The topological polar surface area (TPSA) is 55.6 Å². The van der Waals surface area contributed by atoms with Crippen LogP contribution in [0.15, 0.2) is 18.2 Å². The van der Waals surface area contributed by atoms with Gasteiger partial charge in [0.1, 0.15) is 11.6 Å². The third-order valence-corrected chi connectivity index (χ3v) is 3.03. The van der Waals surface area contributed by atoms with Gasteiger partial charge in [-0.2, -0.15) is 0 Å². The van der Waals surface area contributed by atoms with E-state index >= 15 is 0 Å². The highest BCUT2D eigenvalue weighted by Gasteiger charge is 2.33. The van der Waals surface area contributed by atoms with Crippen LogP contribution in [-0.4, -0.2) is 37.0 Å². The van der Waals surface area contributed by atoms with Crippen LogP contribution in [0.5, 0.6) is 5.75 Å². The summed E-state index contributed by atoms with van der Waals surface area (Å²) < 4.78 is 18.7. The third-order valence-electron chi connectivity index (χ3n) is 3.03. The summed E-state index contributed by atoms with van der Waals surface area (Å²) in [6, 6.07) is 4.50. The molecule has 0 heterocycles. The quantitative estimate of drug-likeness (QED) is 0.861. The van der Waals surface area contributed by atoms with Crippen LogP contribution in [0.4, 0.5) is 4.39 Å². The number of rotatable bonds is 5. The maximum Gasteiger partial charge on any atom is 0.257 e. The molecule has 1 saturated carbocycles. The summed E-state index contributed by atoms with van der Waals surface area (Å²) in [6.45, 7) is 0.856. The highest BCUT2D eigenvalue weighted by molar-refractivity contribution is 5.95. The molecule has 0 atom stereocenters. The average molecular weight is 252 g/mol. The summed E-state index contributed by atoms with van der Waals surface area (Å²) in [6.07, 6.45) is 1.95. The van der Waals surface area contributed by atoms with Gasteiger partial charge in [-0.25, -0.2) is 4.39 Å². The molecule has 0 aromatic heterocycles. The lowest BCUT2D eigenvalue weighted by atomic mass is 10.1. The van der Waals surface area contributed by atoms with E-state index in [1.54, 1.807) is 11.0 Å². The Balaban J connectivity index is 2.21. The van der Waals surface area contributed by atoms with E-state index in [1.807, 2.05) is 0 Å². The number of nitrogens with two attached hydrogens (primary N) is 1. The Morgan fingerprint density at radius 2 is 2.28 bits per heavy atom. The lowest BCUT2D eigenvalue weighted by Crippen LogP contribution is -2.37. The fourth-order valence-corrected chi connectivity index (χ4v) is 1.93. The van der Waals surface area contributed by atoms with Gasteiger partial charge in [0.05, 0.1) is 12.7 Å². The number of hydrogen-bond donors (Lipinski definition) is 1. The number of amides is 1. The minimum atomic E-state index is -0.554. The van der Waals surface area contributed by atoms with E-state index in [4.69, 9.17) is 10.5 Å². The largest absolute Gasteiger partial charge is 0.497 e. The summed E-state index contributed by atoms with van der Waals surface area (Å²) in [7, 11) is 1.46. The van der Waals surface area contributed by atoms with Crippen molar-refractivity contribution in [1.29, 1.82) is 0 Å². The van der Waals surface area contributed by atoms with Crippen LogP contribution >= 0.6 is 0 Å². The zero-order valence-corrected chi connectivity index (χ0v) is 10.4. The maximum atomic E-state index is 13.8. The molecule has 0 aliphatic heterocycles. The van der Waals surface area contributed by atoms with Crippen LogP contribution in [0.2, 0.25) is 0 Å². The van der Waals surface area contributed by atoms with Gasteiger partial charge >= 0.3 is 0 Å². The van der Waals surface area contributed by atoms with Gasteiger partial charge in [0, 0.05) is 25.2 Å². The third kappa shape index (κ3) is 2.61. The first-order chi connectivity index (χ1) is 8.67. The molecule has 98 valence electrons. The molecule has 18 heavy (non-hydrogen) atoms. The van der Waals surface area contributed by atoms with Gasteiger partial charge < -0.3 is 15.4 Å². The Morgan fingerprint density at radius 3 is 2.78 bits per heavy atom. The monoisotopic (exact) mass is 252 g/mol. The Hall–Kier alpha value is -1.62. The number of nitrogens with zero attached hydrogens (tertiary/aromatic N) is 1. The second-order valence-electron chi connectivity index (χ2n) is 4.36. The van der Waals surface area contributed by atoms with Crippen LogP contribution < -0.4 is 10.5 Å². The highest BCUT2D eigenvalue weighted by Crippen LogP contribution is 2.28. The molecule has 2 rings (SSSR count). The average Bonchev–Trinajstić information content (AvgIpc) is 3.19. The number of halogens is 1. The van der Waals surface area contributed by atoms with Crippen molar-refractivity contribution in [3.63, 3.8) is 0 Å². The van der Waals surface area contributed by atoms with Crippen molar-refractivity contribution in [1.82, 2.24) is 4.90 Å². The number of carbonyl (C=O) groups is 1. The Bertz CT molecular complexity index is 447. The van der Waals surface area contributed by atoms with Crippen molar-refractivity contribution < 1.29 is 13.9 Å². The van der Waals surface area contributed by atoms with Gasteiger partial charge in [0.25, 0.3) is 5.91 Å². The van der Waals surface area contributed by atoms with Crippen molar-refractivity contribution >= 4 is 5.91 Å². The number of ether oxygens (including phenoxy) is 1. The molecule has 0 bridgehead atoms. The first-order valence-corrected chi connectivity index (χ1v) is 6.02. The molecule has 0 saturated heterocycles. The van der Waals surface area contributed by atoms with Crippen molar-refractivity contribution in [3.8, 4) is 5.75 Å². The molecule has 1 aliphatic rings. The number of carbonyl (C=O) groups excluding carboxylic acids is 1. The molecule has 0 radical (unpaired) electrons. The second-order valence-corrected chi connectivity index (χ2v) is 4.36. The van der Waals surface area contributed by atoms with E-state index in [9.17, 15) is 9.18 Å². The van der Waals surface area contributed by atoms with Crippen LogP contribution in [0, 0.1) is 5.82 Å². The molecule has 0 unspecified atom stereocenters. The Labute approximate surface area is 106 Å². The first-order valence-electron chi connectivity index (χ1n) is 6.02. The lowest BCUT2D eigenvalue weighted by molar-refractivity contribution is 0.0743. The van der Waals surface area contributed by atoms with Crippen LogP contribution in [-0.2, 0) is 0 Å². The molecule has 1 aliphatic carbocycles. The summed E-state index contributed by atoms with van der Waals surface area (Å²) in [5.74, 6) is -0.439. The molecule has 4 nitrogen and oxygen atoms in total. The van der Waals surface area contributed by atoms with Gasteiger partial charge in [-0.3, -0.25) is 4.79 Å². The lowest BCUT2D eigenvalue weighted by Gasteiger charge is -2.22. The first kappa shape index (κ1) is 12.8. The van der Waals surface area contributed by atoms with Gasteiger partial charge in [0.2, 0.25) is 0 Å². The maximum absolute atomic E-state index is 13.8. The Morgan fingerprint density at radius 1 is 1.56 bits per heavy atom. The summed E-state index contributed by atoms with van der Waals surface area (Å²) in [4.78, 5) is 13.9. The molecule has 1 fully saturated rings. The molecule has 1 aromatic rings. The highest BCUT2D eigenvalue weighted by atomic mass is 19.1. The summed E-state index contributed by atoms with van der Waals surface area (Å²) in [5.41, 5.74) is 5.57. The van der Waals surface area contributed by atoms with Crippen molar-refractivity contribution in [3.05, 3.63) is 29.6 Å². The van der Waals surface area contributed by atoms with E-state index in [0.29, 0.717) is 18.8 Å². The van der Waals surface area contributed by atoms with Crippen LogP contribution in [0.25, 0.3) is 0 Å². The normalized spacial score (nSPS) is 14.4. The van der Waals surface area contributed by atoms with Gasteiger partial charge in [-0.1, -0.05) is 0 Å². The fraction of sp³-hybridized carbons (Fsp3) is 0.462. The number of benzene rings is 1. The predicted molar refractivity (Wildman–Crippen MR) is 66.1 cm³/mol. The zero-order valence-electron chi connectivity index (χ0n) is 10.4. The van der Waals surface area contributed by atoms with Gasteiger partial charge in [-0.15, -0.1) is 0 Å². The van der Waals surface area contributed by atoms with Crippen molar-refractivity contribution in [2.45, 2.75) is 18.9 Å². The van der Waals surface area contributed by atoms with Crippen LogP contribution in [0.1, 0.15) is 23.2 Å². The minimum Gasteiger partial charge on any atom is -0.497 e. The smallest absolute Gasteiger partial charge is 0.257 e. The Kier molecular flexibility index (Phi) is 3.81. The molecular weight excluding hydrogens is 235 g/mol. The zero-order chi connectivity index (χ0) is 13.1. The van der Waals surface area contributed by atoms with E-state index in [0.717, 1.165) is 12.8 Å². The van der Waals surface area contributed by atoms with Crippen molar-refractivity contribution in [2.24, 2.45) is 5.73 Å². The van der Waals surface area contributed by atoms with Crippen LogP contribution in [0.3, 0.4) is 0 Å². The van der Waals surface area contributed by atoms with E-state index < -0.39 is 5.82 Å². The standard InChI is InChI=1S/C13H17FN2O2/c1-18-10-4-5-11(12(14)8-10)13(17)16(7-6-15)9-2-3-9/h4-5,8-9H,2-3,6-7,15H2,1H3. The molecule has 1 amide bonds. The second kappa shape index (κ2) is 5.35. The molecule has 1 aromatic carbocycles. The molecular formula is C13H17FN2O2.